The van der Waals surface area contributed by atoms with Crippen LogP contribution >= 0.6 is 0 Å². The molecule has 0 aliphatic carbocycles. The number of carbonyl (C=O) groups is 1. The molecule has 0 rings (SSSR count). The van der Waals surface area contributed by atoms with Crippen molar-refractivity contribution in [3.05, 3.63) is 0 Å². The molecule has 5 nitrogen and oxygen atoms in total. The first-order valence-electron chi connectivity index (χ1n) is 6.36. The largest absolute Gasteiger partial charge is 0.444 e. The topological polar surface area (TPSA) is 56.8 Å². The number of alkyl carbamates (subject to hydrolysis) is 1. The molecule has 0 saturated carbocycles. The minimum Gasteiger partial charge on any atom is -0.444 e. The Kier molecular flexibility index (Phi) is 9.78. The van der Waals surface area contributed by atoms with Gasteiger partial charge in [-0.15, -0.1) is 0 Å². The number of carbonyl (C=O) groups excluding carboxylic acids is 1. The molecule has 0 fully saturated rings. The lowest BCUT2D eigenvalue weighted by atomic mass is 9.79. The molecule has 0 aromatic rings. The third-order valence-corrected chi connectivity index (χ3v) is 1.84. The van der Waals surface area contributed by atoms with Crippen LogP contribution in [0.1, 0.15) is 20.8 Å². The van der Waals surface area contributed by atoms with Gasteiger partial charge in [-0.05, 0) is 20.8 Å². The smallest absolute Gasteiger partial charge is 0.407 e. The molecule has 6 heteroatoms. The standard InChI is InChI=1S/C12H25BNO4/c1-12(2,3)18-11(15)14-6-8-17-10-9-16-7-5-13-4/h5-10H2,1-4H3,(H,14,15). The molecule has 0 saturated heterocycles. The molecule has 0 atom stereocenters. The van der Waals surface area contributed by atoms with Gasteiger partial charge in [-0.25, -0.2) is 4.79 Å². The lowest BCUT2D eigenvalue weighted by molar-refractivity contribution is 0.0420. The number of hydrogen-bond acceptors (Lipinski definition) is 4. The zero-order valence-electron chi connectivity index (χ0n) is 12.0. The Hall–Kier alpha value is -0.745. The molecule has 0 heterocycles. The molecule has 0 aromatic heterocycles. The minimum atomic E-state index is -0.463. The van der Waals surface area contributed by atoms with E-state index in [1.54, 1.807) is 0 Å². The molecule has 1 amide bonds. The Morgan fingerprint density at radius 3 is 2.28 bits per heavy atom. The fraction of sp³-hybridized carbons (Fsp3) is 0.917. The van der Waals surface area contributed by atoms with Crippen LogP contribution in [0.25, 0.3) is 0 Å². The van der Waals surface area contributed by atoms with Crippen molar-refractivity contribution in [1.29, 1.82) is 0 Å². The second kappa shape index (κ2) is 10.2. The number of ether oxygens (including phenoxy) is 3. The summed E-state index contributed by atoms with van der Waals surface area (Å²) in [5.41, 5.74) is -0.463. The highest BCUT2D eigenvalue weighted by Gasteiger charge is 2.15. The van der Waals surface area contributed by atoms with Crippen molar-refractivity contribution in [2.45, 2.75) is 39.5 Å². The molecule has 0 aromatic carbocycles. The SMILES string of the molecule is C[B]CCOCCOCCNC(=O)OC(C)(C)C. The van der Waals surface area contributed by atoms with E-state index in [-0.39, 0.29) is 0 Å². The van der Waals surface area contributed by atoms with Gasteiger partial charge in [0.05, 0.1) is 19.8 Å². The Labute approximate surface area is 111 Å². The molecule has 0 aliphatic heterocycles. The van der Waals surface area contributed by atoms with Gasteiger partial charge in [-0.3, -0.25) is 0 Å². The number of hydrogen-bond donors (Lipinski definition) is 1. The maximum Gasteiger partial charge on any atom is 0.407 e. The molecule has 0 spiro atoms. The van der Waals surface area contributed by atoms with E-state index in [4.69, 9.17) is 14.2 Å². The van der Waals surface area contributed by atoms with Crippen molar-refractivity contribution in [2.24, 2.45) is 0 Å². The summed E-state index contributed by atoms with van der Waals surface area (Å²) in [5.74, 6) is 0. The molecule has 0 bridgehead atoms. The van der Waals surface area contributed by atoms with Crippen molar-refractivity contribution in [2.75, 3.05) is 33.0 Å². The minimum absolute atomic E-state index is 0.416. The van der Waals surface area contributed by atoms with E-state index in [1.165, 1.54) is 0 Å². The van der Waals surface area contributed by atoms with Crippen LogP contribution in [-0.2, 0) is 14.2 Å². The normalized spacial score (nSPS) is 11.1. The van der Waals surface area contributed by atoms with Crippen LogP contribution in [0.3, 0.4) is 0 Å². The van der Waals surface area contributed by atoms with Crippen molar-refractivity contribution in [1.82, 2.24) is 5.32 Å². The molecular formula is C12H25BNO4. The van der Waals surface area contributed by atoms with Crippen molar-refractivity contribution < 1.29 is 19.0 Å². The van der Waals surface area contributed by atoms with E-state index in [1.807, 2.05) is 27.6 Å². The fourth-order valence-electron chi connectivity index (χ4n) is 1.06. The second-order valence-electron chi connectivity index (χ2n) is 4.85. The van der Waals surface area contributed by atoms with Crippen LogP contribution in [0, 0.1) is 0 Å². The Morgan fingerprint density at radius 1 is 1.11 bits per heavy atom. The third kappa shape index (κ3) is 13.3. The molecular weight excluding hydrogens is 233 g/mol. The van der Waals surface area contributed by atoms with Crippen molar-refractivity contribution in [3.63, 3.8) is 0 Å². The molecule has 105 valence electrons. The van der Waals surface area contributed by atoms with Crippen LogP contribution in [0.4, 0.5) is 4.79 Å². The van der Waals surface area contributed by atoms with Gasteiger partial charge >= 0.3 is 6.09 Å². The predicted octanol–water partition coefficient (Wildman–Crippen LogP) is 1.71. The van der Waals surface area contributed by atoms with Crippen molar-refractivity contribution >= 4 is 13.4 Å². The van der Waals surface area contributed by atoms with E-state index in [2.05, 4.69) is 12.6 Å². The quantitative estimate of drug-likeness (QED) is 0.505. The van der Waals surface area contributed by atoms with Crippen molar-refractivity contribution in [3.8, 4) is 0 Å². The fourth-order valence-corrected chi connectivity index (χ4v) is 1.06. The molecule has 1 N–H and O–H groups in total. The number of rotatable bonds is 9. The summed E-state index contributed by atoms with van der Waals surface area (Å²) < 4.78 is 15.7. The summed E-state index contributed by atoms with van der Waals surface area (Å²) in [6.45, 7) is 10.2. The van der Waals surface area contributed by atoms with Gasteiger partial charge in [-0.1, -0.05) is 13.1 Å². The average Bonchev–Trinajstić information content (AvgIpc) is 2.24. The highest BCUT2D eigenvalue weighted by molar-refractivity contribution is 6.33. The third-order valence-electron chi connectivity index (χ3n) is 1.84. The maximum absolute atomic E-state index is 11.2. The van der Waals surface area contributed by atoms with Gasteiger partial charge < -0.3 is 19.5 Å². The Morgan fingerprint density at radius 2 is 1.72 bits per heavy atom. The van der Waals surface area contributed by atoms with E-state index in [9.17, 15) is 4.79 Å². The lowest BCUT2D eigenvalue weighted by Crippen LogP contribution is -2.34. The van der Waals surface area contributed by atoms with E-state index < -0.39 is 11.7 Å². The van der Waals surface area contributed by atoms with Gasteiger partial charge in [0, 0.05) is 13.2 Å². The highest BCUT2D eigenvalue weighted by atomic mass is 16.6. The van der Waals surface area contributed by atoms with Crippen LogP contribution in [0.2, 0.25) is 13.1 Å². The maximum atomic E-state index is 11.2. The molecule has 0 aliphatic rings. The molecule has 1 radical (unpaired) electrons. The van der Waals surface area contributed by atoms with Gasteiger partial charge in [0.25, 0.3) is 0 Å². The molecule has 0 unspecified atom stereocenters. The average molecular weight is 258 g/mol. The zero-order chi connectivity index (χ0) is 13.9. The zero-order valence-corrected chi connectivity index (χ0v) is 12.0. The highest BCUT2D eigenvalue weighted by Crippen LogP contribution is 2.05. The summed E-state index contributed by atoms with van der Waals surface area (Å²) in [7, 11) is 2.06. The van der Waals surface area contributed by atoms with Gasteiger partial charge in [-0.2, -0.15) is 0 Å². The van der Waals surface area contributed by atoms with Gasteiger partial charge in [0.2, 0.25) is 0 Å². The monoisotopic (exact) mass is 258 g/mol. The Balaban J connectivity index is 3.23. The second-order valence-corrected chi connectivity index (χ2v) is 4.85. The Bertz CT molecular complexity index is 219. The van der Waals surface area contributed by atoms with Gasteiger partial charge in [0.1, 0.15) is 12.9 Å². The summed E-state index contributed by atoms with van der Waals surface area (Å²) in [6, 6.07) is 0. The number of nitrogens with one attached hydrogen (secondary N) is 1. The van der Waals surface area contributed by atoms with Crippen LogP contribution in [0.5, 0.6) is 0 Å². The summed E-state index contributed by atoms with van der Waals surface area (Å²) >= 11 is 0. The molecule has 18 heavy (non-hydrogen) atoms. The first-order chi connectivity index (χ1) is 8.45. The first kappa shape index (κ1) is 17.3. The lowest BCUT2D eigenvalue weighted by Gasteiger charge is -2.19. The van der Waals surface area contributed by atoms with E-state index in [0.717, 1.165) is 12.9 Å². The predicted molar refractivity (Wildman–Crippen MR) is 72.3 cm³/mol. The van der Waals surface area contributed by atoms with Gasteiger partial charge in [0.15, 0.2) is 0 Å². The summed E-state index contributed by atoms with van der Waals surface area (Å²) in [6.07, 6.45) is 0.543. The summed E-state index contributed by atoms with van der Waals surface area (Å²) in [5, 5.41) is 2.62. The van der Waals surface area contributed by atoms with Crippen LogP contribution in [0.15, 0.2) is 0 Å². The van der Waals surface area contributed by atoms with Crippen LogP contribution in [-0.4, -0.2) is 51.9 Å². The van der Waals surface area contributed by atoms with E-state index in [0.29, 0.717) is 26.4 Å². The van der Waals surface area contributed by atoms with Crippen LogP contribution < -0.4 is 5.32 Å². The summed E-state index contributed by atoms with van der Waals surface area (Å²) in [4.78, 5) is 11.2. The first-order valence-corrected chi connectivity index (χ1v) is 6.36. The number of amides is 1. The van der Waals surface area contributed by atoms with E-state index >= 15 is 0 Å².